The third-order valence-electron chi connectivity index (χ3n) is 5.80. The molecule has 0 unspecified atom stereocenters. The maximum atomic E-state index is 13.4. The van der Waals surface area contributed by atoms with Crippen LogP contribution < -0.4 is 14.4 Å². The summed E-state index contributed by atoms with van der Waals surface area (Å²) in [5.41, 5.74) is 4.27. The fourth-order valence-corrected chi connectivity index (χ4v) is 4.16. The van der Waals surface area contributed by atoms with E-state index in [1.54, 1.807) is 11.1 Å². The molecule has 0 radical (unpaired) electrons. The molecule has 2 aliphatic rings. The van der Waals surface area contributed by atoms with Crippen molar-refractivity contribution >= 4 is 11.6 Å². The highest BCUT2D eigenvalue weighted by Gasteiger charge is 2.22. The molecule has 1 fully saturated rings. The molecule has 1 amide bonds. The number of nitrogens with zero attached hydrogens (tertiary/aromatic N) is 3. The Morgan fingerprint density at radius 2 is 1.84 bits per heavy atom. The van der Waals surface area contributed by atoms with Crippen molar-refractivity contribution in [2.24, 2.45) is 0 Å². The van der Waals surface area contributed by atoms with Gasteiger partial charge in [0.1, 0.15) is 13.2 Å². The van der Waals surface area contributed by atoms with Gasteiger partial charge < -0.3 is 24.0 Å². The number of amides is 1. The van der Waals surface area contributed by atoms with Crippen LogP contribution in [0.2, 0.25) is 0 Å². The van der Waals surface area contributed by atoms with Gasteiger partial charge in [0.15, 0.2) is 11.5 Å². The Morgan fingerprint density at radius 1 is 1.06 bits per heavy atom. The Balaban J connectivity index is 1.37. The van der Waals surface area contributed by atoms with E-state index in [-0.39, 0.29) is 5.91 Å². The highest BCUT2D eigenvalue weighted by molar-refractivity contribution is 5.99. The van der Waals surface area contributed by atoms with Crippen LogP contribution in [0.3, 0.4) is 0 Å². The van der Waals surface area contributed by atoms with E-state index in [1.807, 2.05) is 37.4 Å². The number of para-hydroxylation sites is 1. The molecule has 0 saturated carbocycles. The summed E-state index contributed by atoms with van der Waals surface area (Å²) >= 11 is 0. The number of carbonyl (C=O) groups is 1. The number of hydrogen-bond acceptors (Lipinski definition) is 6. The Kier molecular flexibility index (Phi) is 5.68. The molecule has 166 valence electrons. The highest BCUT2D eigenvalue weighted by atomic mass is 16.6. The molecular formula is C24H26N4O4. The van der Waals surface area contributed by atoms with E-state index in [9.17, 15) is 4.79 Å². The second kappa shape index (κ2) is 8.92. The minimum absolute atomic E-state index is 0.0968. The molecule has 2 aromatic carbocycles. The van der Waals surface area contributed by atoms with E-state index in [2.05, 4.69) is 27.2 Å². The van der Waals surface area contributed by atoms with Crippen molar-refractivity contribution in [2.75, 3.05) is 51.5 Å². The average Bonchev–Trinajstić information content (AvgIpc) is 3.34. The number of anilines is 1. The zero-order valence-electron chi connectivity index (χ0n) is 18.0. The first kappa shape index (κ1) is 20.4. The van der Waals surface area contributed by atoms with Gasteiger partial charge in [-0.1, -0.05) is 18.2 Å². The van der Waals surface area contributed by atoms with Crippen LogP contribution in [0.5, 0.6) is 11.5 Å². The van der Waals surface area contributed by atoms with Crippen molar-refractivity contribution < 1.29 is 19.0 Å². The third-order valence-corrected chi connectivity index (χ3v) is 5.80. The fourth-order valence-electron chi connectivity index (χ4n) is 4.16. The van der Waals surface area contributed by atoms with Gasteiger partial charge in [0.05, 0.1) is 30.7 Å². The summed E-state index contributed by atoms with van der Waals surface area (Å²) in [5, 5.41) is 7.12. The molecule has 0 aliphatic carbocycles. The Bertz CT molecular complexity index is 1110. The predicted molar refractivity (Wildman–Crippen MR) is 120 cm³/mol. The number of morpholine rings is 1. The first-order valence-corrected chi connectivity index (χ1v) is 10.8. The summed E-state index contributed by atoms with van der Waals surface area (Å²) in [4.78, 5) is 17.4. The van der Waals surface area contributed by atoms with Gasteiger partial charge >= 0.3 is 0 Å². The van der Waals surface area contributed by atoms with E-state index in [0.717, 1.165) is 43.1 Å². The van der Waals surface area contributed by atoms with Crippen molar-refractivity contribution in [3.63, 3.8) is 0 Å². The standard InChI is InChI=1S/C24H26N4O4/c1-27(16-18-4-2-3-5-20(18)28-8-10-30-11-9-28)24(29)19-15-25-26-23(19)17-6-7-21-22(14-17)32-13-12-31-21/h2-7,14-15H,8-13,16H2,1H3,(H,25,26). The van der Waals surface area contributed by atoms with Crippen molar-refractivity contribution in [3.8, 4) is 22.8 Å². The van der Waals surface area contributed by atoms with Crippen LogP contribution in [-0.4, -0.2) is 67.6 Å². The minimum Gasteiger partial charge on any atom is -0.486 e. The highest BCUT2D eigenvalue weighted by Crippen LogP contribution is 2.35. The molecule has 1 saturated heterocycles. The number of hydrogen-bond donors (Lipinski definition) is 1. The van der Waals surface area contributed by atoms with Gasteiger partial charge in [-0.25, -0.2) is 0 Å². The molecule has 0 bridgehead atoms. The minimum atomic E-state index is -0.0968. The molecule has 8 nitrogen and oxygen atoms in total. The second-order valence-electron chi connectivity index (χ2n) is 7.91. The molecule has 1 aromatic heterocycles. The lowest BCUT2D eigenvalue weighted by Crippen LogP contribution is -2.37. The Hall–Kier alpha value is -3.52. The summed E-state index contributed by atoms with van der Waals surface area (Å²) in [7, 11) is 1.82. The topological polar surface area (TPSA) is 79.9 Å². The van der Waals surface area contributed by atoms with E-state index in [1.165, 1.54) is 0 Å². The van der Waals surface area contributed by atoms with Crippen LogP contribution in [0.1, 0.15) is 15.9 Å². The summed E-state index contributed by atoms with van der Waals surface area (Å²) in [6.07, 6.45) is 1.58. The van der Waals surface area contributed by atoms with Crippen molar-refractivity contribution in [1.29, 1.82) is 0 Å². The normalized spacial score (nSPS) is 15.5. The van der Waals surface area contributed by atoms with Gasteiger partial charge in [0.2, 0.25) is 0 Å². The maximum absolute atomic E-state index is 13.4. The van der Waals surface area contributed by atoms with Gasteiger partial charge in [-0.05, 0) is 29.8 Å². The molecule has 32 heavy (non-hydrogen) atoms. The zero-order chi connectivity index (χ0) is 21.9. The summed E-state index contributed by atoms with van der Waals surface area (Å²) in [6, 6.07) is 13.9. The number of carbonyl (C=O) groups excluding carboxylic acids is 1. The van der Waals surface area contributed by atoms with Gasteiger partial charge in [-0.15, -0.1) is 0 Å². The largest absolute Gasteiger partial charge is 0.486 e. The lowest BCUT2D eigenvalue weighted by Gasteiger charge is -2.31. The van der Waals surface area contributed by atoms with Crippen molar-refractivity contribution in [3.05, 3.63) is 59.8 Å². The average molecular weight is 434 g/mol. The number of aromatic nitrogens is 2. The molecular weight excluding hydrogens is 408 g/mol. The molecule has 2 aliphatic heterocycles. The Labute approximate surface area is 186 Å². The first-order valence-electron chi connectivity index (χ1n) is 10.8. The number of rotatable bonds is 5. The summed E-state index contributed by atoms with van der Waals surface area (Å²) in [5.74, 6) is 1.29. The van der Waals surface area contributed by atoms with E-state index in [4.69, 9.17) is 14.2 Å². The van der Waals surface area contributed by atoms with Crippen LogP contribution in [0.25, 0.3) is 11.3 Å². The molecule has 3 aromatic rings. The zero-order valence-corrected chi connectivity index (χ0v) is 18.0. The monoisotopic (exact) mass is 434 g/mol. The number of H-pyrrole nitrogens is 1. The number of ether oxygens (including phenoxy) is 3. The third kappa shape index (κ3) is 4.01. The fraction of sp³-hybridized carbons (Fsp3) is 0.333. The predicted octanol–water partition coefficient (Wildman–Crippen LogP) is 2.96. The molecule has 8 heteroatoms. The number of benzene rings is 2. The molecule has 3 heterocycles. The van der Waals surface area contributed by atoms with Crippen LogP contribution in [0.4, 0.5) is 5.69 Å². The summed E-state index contributed by atoms with van der Waals surface area (Å²) in [6.45, 7) is 4.69. The van der Waals surface area contributed by atoms with Crippen molar-refractivity contribution in [1.82, 2.24) is 15.1 Å². The van der Waals surface area contributed by atoms with Gasteiger partial charge in [-0.3, -0.25) is 9.89 Å². The first-order chi connectivity index (χ1) is 15.7. The number of nitrogens with one attached hydrogen (secondary N) is 1. The molecule has 0 spiro atoms. The maximum Gasteiger partial charge on any atom is 0.257 e. The number of aromatic amines is 1. The van der Waals surface area contributed by atoms with E-state index < -0.39 is 0 Å². The lowest BCUT2D eigenvalue weighted by molar-refractivity contribution is 0.0785. The van der Waals surface area contributed by atoms with Crippen LogP contribution >= 0.6 is 0 Å². The summed E-state index contributed by atoms with van der Waals surface area (Å²) < 4.78 is 16.8. The van der Waals surface area contributed by atoms with Crippen LogP contribution in [0.15, 0.2) is 48.7 Å². The van der Waals surface area contributed by atoms with E-state index in [0.29, 0.717) is 42.5 Å². The van der Waals surface area contributed by atoms with Crippen molar-refractivity contribution in [2.45, 2.75) is 6.54 Å². The van der Waals surface area contributed by atoms with Gasteiger partial charge in [-0.2, -0.15) is 5.10 Å². The van der Waals surface area contributed by atoms with Gasteiger partial charge in [0, 0.05) is 37.9 Å². The number of fused-ring (bicyclic) bond motifs is 1. The van der Waals surface area contributed by atoms with Crippen LogP contribution in [-0.2, 0) is 11.3 Å². The van der Waals surface area contributed by atoms with E-state index >= 15 is 0 Å². The molecule has 0 atom stereocenters. The quantitative estimate of drug-likeness (QED) is 0.665. The SMILES string of the molecule is CN(Cc1ccccc1N1CCOCC1)C(=O)c1cn[nH]c1-c1ccc2c(c1)OCCO2. The molecule has 1 N–H and O–H groups in total. The smallest absolute Gasteiger partial charge is 0.257 e. The Morgan fingerprint density at radius 3 is 2.69 bits per heavy atom. The van der Waals surface area contributed by atoms with Gasteiger partial charge in [0.25, 0.3) is 5.91 Å². The van der Waals surface area contributed by atoms with Crippen LogP contribution in [0, 0.1) is 0 Å². The second-order valence-corrected chi connectivity index (χ2v) is 7.91. The molecule has 5 rings (SSSR count). The lowest BCUT2D eigenvalue weighted by atomic mass is 10.1.